The van der Waals surface area contributed by atoms with E-state index >= 15 is 0 Å². The van der Waals surface area contributed by atoms with Gasteiger partial charge in [-0.15, -0.1) is 0 Å². The van der Waals surface area contributed by atoms with Crippen molar-refractivity contribution >= 4 is 11.4 Å². The van der Waals surface area contributed by atoms with Crippen molar-refractivity contribution in [1.29, 1.82) is 0 Å². The highest BCUT2D eigenvalue weighted by molar-refractivity contribution is 5.85. The summed E-state index contributed by atoms with van der Waals surface area (Å²) in [6, 6.07) is 17.8. The van der Waals surface area contributed by atoms with Crippen LogP contribution in [-0.2, 0) is 12.8 Å². The molecule has 0 N–H and O–H groups in total. The predicted molar refractivity (Wildman–Crippen MR) is 228 cm³/mol. The number of benzene rings is 2. The Labute approximate surface area is 321 Å². The van der Waals surface area contributed by atoms with Gasteiger partial charge in [0.05, 0.1) is 0 Å². The molecule has 0 radical (unpaired) electrons. The maximum Gasteiger partial charge on any atom is 0.223 e. The van der Waals surface area contributed by atoms with Crippen LogP contribution in [0.2, 0.25) is 0 Å². The van der Waals surface area contributed by atoms with Gasteiger partial charge < -0.3 is 5.53 Å². The van der Waals surface area contributed by atoms with Crippen LogP contribution >= 0.6 is 0 Å². The summed E-state index contributed by atoms with van der Waals surface area (Å²) in [7, 11) is 0. The minimum atomic E-state index is 0.862. The minimum absolute atomic E-state index is 0.862. The van der Waals surface area contributed by atoms with Crippen molar-refractivity contribution < 1.29 is 4.70 Å². The molecule has 0 unspecified atom stereocenters. The summed E-state index contributed by atoms with van der Waals surface area (Å²) in [6.45, 7) is 9.09. The van der Waals surface area contributed by atoms with E-state index in [1.54, 1.807) is 0 Å². The van der Waals surface area contributed by atoms with Crippen LogP contribution < -0.4 is 0 Å². The molecule has 0 saturated carbocycles. The van der Waals surface area contributed by atoms with Gasteiger partial charge in [0.25, 0.3) is 0 Å². The Kier molecular flexibility index (Phi) is 23.1. The third-order valence-corrected chi connectivity index (χ3v) is 11.0. The monoisotopic (exact) mass is 705 g/mol. The van der Waals surface area contributed by atoms with E-state index in [4.69, 9.17) is 0 Å². The first-order valence-corrected chi connectivity index (χ1v) is 22.3. The second-order valence-electron chi connectivity index (χ2n) is 15.6. The smallest absolute Gasteiger partial charge is 0.223 e. The van der Waals surface area contributed by atoms with Gasteiger partial charge in [-0.25, -0.2) is 4.70 Å². The lowest BCUT2D eigenvalue weighted by atomic mass is 9.94. The van der Waals surface area contributed by atoms with Gasteiger partial charge in [0.2, 0.25) is 11.4 Å². The van der Waals surface area contributed by atoms with E-state index in [0.29, 0.717) is 0 Å². The Bertz CT molecular complexity index is 1400. The first-order valence-electron chi connectivity index (χ1n) is 22.3. The predicted octanol–water partition coefficient (Wildman–Crippen LogP) is 16.2. The largest absolute Gasteiger partial charge is 0.493 e. The number of rotatable bonds is 29. The quantitative estimate of drug-likeness (QED) is 0.0458. The third-order valence-electron chi connectivity index (χ3n) is 11.0. The average Bonchev–Trinajstić information content (AvgIpc) is 3.44. The van der Waals surface area contributed by atoms with Gasteiger partial charge in [-0.05, 0) is 80.3 Å². The van der Waals surface area contributed by atoms with Crippen LogP contribution in [0.5, 0.6) is 0 Å². The maximum atomic E-state index is 12.1. The molecule has 2 aromatic rings. The van der Waals surface area contributed by atoms with Crippen LogP contribution in [0.3, 0.4) is 0 Å². The van der Waals surface area contributed by atoms with Crippen molar-refractivity contribution in [3.8, 4) is 11.8 Å². The molecule has 0 saturated heterocycles. The fourth-order valence-electron chi connectivity index (χ4n) is 7.68. The normalized spacial score (nSPS) is 13.0. The van der Waals surface area contributed by atoms with Gasteiger partial charge in [0.15, 0.2) is 0 Å². The number of aryl methyl sites for hydroxylation is 2. The Morgan fingerprint density at radius 1 is 0.462 bits per heavy atom. The van der Waals surface area contributed by atoms with E-state index in [-0.39, 0.29) is 0 Å². The molecule has 52 heavy (non-hydrogen) atoms. The molecular weight excluding hydrogens is 629 g/mol. The summed E-state index contributed by atoms with van der Waals surface area (Å²) >= 11 is 0. The molecule has 0 aliphatic carbocycles. The van der Waals surface area contributed by atoms with Crippen LogP contribution in [0, 0.1) is 11.8 Å². The molecule has 286 valence electrons. The standard InChI is InChI=1S/C50H76N2/c1-5-9-13-15-16-17-18-19-20-21-22-23-24-25-26-27-30-37-47-48(36-28-11-7-3)50(46-35-31-34-44(42-46)33-29-14-10-6-2)52(51)49(47)45-40-38-43(39-41-45)32-12-8-4/h31,34-35,38-42H,5-29,32-33,36H2,1-4H3. The van der Waals surface area contributed by atoms with Crippen LogP contribution in [0.1, 0.15) is 217 Å². The van der Waals surface area contributed by atoms with Gasteiger partial charge >= 0.3 is 0 Å². The van der Waals surface area contributed by atoms with Crippen LogP contribution in [-0.4, -0.2) is 4.70 Å². The number of allylic oxidation sites excluding steroid dienone is 2. The second kappa shape index (κ2) is 27.7. The Hall–Kier alpha value is -2.92. The molecule has 0 atom stereocenters. The number of hydrogen-bond donors (Lipinski definition) is 0. The summed E-state index contributed by atoms with van der Waals surface area (Å²) in [6.07, 6.45) is 35.6. The summed E-state index contributed by atoms with van der Waals surface area (Å²) in [5.41, 5.74) is 21.0. The number of hydrogen-bond acceptors (Lipinski definition) is 0. The topological polar surface area (TPSA) is 25.3 Å². The zero-order valence-corrected chi connectivity index (χ0v) is 34.3. The lowest BCUT2D eigenvalue weighted by molar-refractivity contribution is -0.345. The highest BCUT2D eigenvalue weighted by Gasteiger charge is 2.35. The Morgan fingerprint density at radius 3 is 1.56 bits per heavy atom. The van der Waals surface area contributed by atoms with Gasteiger partial charge in [-0.1, -0.05) is 192 Å². The highest BCUT2D eigenvalue weighted by atomic mass is 15.2. The molecule has 1 aliphatic heterocycles. The molecule has 3 rings (SSSR count). The van der Waals surface area contributed by atoms with Crippen molar-refractivity contribution in [2.24, 2.45) is 0 Å². The van der Waals surface area contributed by atoms with Crippen LogP contribution in [0.25, 0.3) is 16.9 Å². The van der Waals surface area contributed by atoms with Gasteiger partial charge in [0, 0.05) is 23.1 Å². The second-order valence-corrected chi connectivity index (χ2v) is 15.6. The van der Waals surface area contributed by atoms with E-state index in [0.717, 1.165) is 66.6 Å². The SMILES string of the molecule is CCCCCCCCCCCCCCCCCC#CC1=C(c2ccc(CCCC)cc2)[N+](=[N-])C(c2cccc(CCCCCC)c2)=C1CCCCC. The van der Waals surface area contributed by atoms with E-state index in [1.165, 1.54) is 163 Å². The molecule has 2 heteroatoms. The Balaban J connectivity index is 1.68. The third kappa shape index (κ3) is 16.0. The van der Waals surface area contributed by atoms with Gasteiger partial charge in [0.1, 0.15) is 5.57 Å². The van der Waals surface area contributed by atoms with Crippen molar-refractivity contribution in [1.82, 2.24) is 0 Å². The first kappa shape index (κ1) is 43.5. The fraction of sp³-hybridized carbons (Fsp3) is 0.640. The van der Waals surface area contributed by atoms with Crippen molar-refractivity contribution in [3.05, 3.63) is 87.5 Å². The molecule has 0 spiro atoms. The number of nitrogens with zero attached hydrogens (tertiary/aromatic N) is 2. The molecule has 0 amide bonds. The highest BCUT2D eigenvalue weighted by Crippen LogP contribution is 2.42. The molecule has 0 bridgehead atoms. The van der Waals surface area contributed by atoms with Crippen LogP contribution in [0.15, 0.2) is 59.7 Å². The molecular formula is C50H76N2. The Morgan fingerprint density at radius 2 is 0.962 bits per heavy atom. The summed E-state index contributed by atoms with van der Waals surface area (Å²) in [4.78, 5) is 0. The van der Waals surface area contributed by atoms with E-state index in [9.17, 15) is 5.53 Å². The molecule has 0 fully saturated rings. The molecule has 2 nitrogen and oxygen atoms in total. The molecule has 1 aliphatic rings. The average molecular weight is 705 g/mol. The molecule has 0 aromatic heterocycles. The first-order chi connectivity index (χ1) is 25.6. The fourth-order valence-corrected chi connectivity index (χ4v) is 7.68. The summed E-state index contributed by atoms with van der Waals surface area (Å²) in [5, 5.41) is 0. The zero-order chi connectivity index (χ0) is 37.1. The van der Waals surface area contributed by atoms with E-state index in [2.05, 4.69) is 88.1 Å². The van der Waals surface area contributed by atoms with Gasteiger partial charge in [-0.2, -0.15) is 0 Å². The van der Waals surface area contributed by atoms with Gasteiger partial charge in [-0.3, -0.25) is 0 Å². The van der Waals surface area contributed by atoms with Crippen molar-refractivity contribution in [3.63, 3.8) is 0 Å². The van der Waals surface area contributed by atoms with E-state index < -0.39 is 0 Å². The molecule has 1 heterocycles. The van der Waals surface area contributed by atoms with E-state index in [1.807, 2.05) is 0 Å². The minimum Gasteiger partial charge on any atom is -0.493 e. The zero-order valence-electron chi connectivity index (χ0n) is 34.3. The lowest BCUT2D eigenvalue weighted by Crippen LogP contribution is -2.03. The number of unbranched alkanes of at least 4 members (excludes halogenated alkanes) is 21. The maximum absolute atomic E-state index is 12.1. The lowest BCUT2D eigenvalue weighted by Gasteiger charge is -2.11. The summed E-state index contributed by atoms with van der Waals surface area (Å²) in [5.74, 6) is 7.27. The van der Waals surface area contributed by atoms with Crippen molar-refractivity contribution in [2.75, 3.05) is 0 Å². The summed E-state index contributed by atoms with van der Waals surface area (Å²) < 4.78 is 1.50. The molecule has 2 aromatic carbocycles. The van der Waals surface area contributed by atoms with Crippen molar-refractivity contribution in [2.45, 2.75) is 207 Å². The van der Waals surface area contributed by atoms with Crippen LogP contribution in [0.4, 0.5) is 0 Å².